The van der Waals surface area contributed by atoms with Crippen LogP contribution in [0, 0.1) is 0 Å². The van der Waals surface area contributed by atoms with E-state index in [1.165, 1.54) is 17.5 Å². The van der Waals surface area contributed by atoms with Crippen LogP contribution in [0.2, 0.25) is 5.02 Å². The fourth-order valence-electron chi connectivity index (χ4n) is 3.56. The van der Waals surface area contributed by atoms with Crippen LogP contribution in [0.25, 0.3) is 0 Å². The standard InChI is InChI=1S/C26H28ClN3O5S/c1-35-24-15-14-20(17-22(24)27)30(36(2,33)34)16-8-13-25(31)29-23-12-7-6-11-21(23)26(32)28-18-19-9-4-3-5-10-19/h3-7,9-12,14-15,17H,8,13,16,18H2,1-2H3,(H,28,32)(H,29,31). The highest BCUT2D eigenvalue weighted by molar-refractivity contribution is 7.92. The molecule has 0 atom stereocenters. The van der Waals surface area contributed by atoms with Crippen LogP contribution in [-0.2, 0) is 21.4 Å². The predicted octanol–water partition coefficient (Wildman–Crippen LogP) is 4.46. The summed E-state index contributed by atoms with van der Waals surface area (Å²) in [6, 6.07) is 20.9. The quantitative estimate of drug-likeness (QED) is 0.381. The van der Waals surface area contributed by atoms with Crippen molar-refractivity contribution in [2.45, 2.75) is 19.4 Å². The van der Waals surface area contributed by atoms with Crippen molar-refractivity contribution >= 4 is 44.8 Å². The third-order valence-corrected chi connectivity index (χ3v) is 6.82. The summed E-state index contributed by atoms with van der Waals surface area (Å²) in [6.45, 7) is 0.437. The molecule has 3 aromatic rings. The van der Waals surface area contributed by atoms with Gasteiger partial charge in [0.15, 0.2) is 0 Å². The zero-order chi connectivity index (χ0) is 26.1. The molecule has 0 aliphatic rings. The first-order chi connectivity index (χ1) is 17.2. The zero-order valence-electron chi connectivity index (χ0n) is 20.0. The summed E-state index contributed by atoms with van der Waals surface area (Å²) in [5, 5.41) is 5.89. The second kappa shape index (κ2) is 12.4. The van der Waals surface area contributed by atoms with E-state index in [1.807, 2.05) is 30.3 Å². The van der Waals surface area contributed by atoms with Crippen molar-refractivity contribution in [2.24, 2.45) is 0 Å². The van der Waals surface area contributed by atoms with E-state index in [4.69, 9.17) is 16.3 Å². The molecule has 190 valence electrons. The normalized spacial score (nSPS) is 11.0. The summed E-state index contributed by atoms with van der Waals surface area (Å²) in [5.74, 6) is -0.214. The molecule has 8 nitrogen and oxygen atoms in total. The van der Waals surface area contributed by atoms with Crippen molar-refractivity contribution in [3.63, 3.8) is 0 Å². The maximum absolute atomic E-state index is 12.7. The average Bonchev–Trinajstić information content (AvgIpc) is 2.85. The molecule has 0 spiro atoms. The molecule has 0 unspecified atom stereocenters. The summed E-state index contributed by atoms with van der Waals surface area (Å²) in [4.78, 5) is 25.3. The second-order valence-electron chi connectivity index (χ2n) is 8.02. The number of carbonyl (C=O) groups excluding carboxylic acids is 2. The Morgan fingerprint density at radius 2 is 1.69 bits per heavy atom. The fourth-order valence-corrected chi connectivity index (χ4v) is 4.77. The first-order valence-electron chi connectivity index (χ1n) is 11.2. The van der Waals surface area contributed by atoms with Crippen molar-refractivity contribution in [3.05, 3.63) is 88.9 Å². The molecule has 0 heterocycles. The van der Waals surface area contributed by atoms with Gasteiger partial charge in [-0.25, -0.2) is 8.42 Å². The zero-order valence-corrected chi connectivity index (χ0v) is 21.6. The summed E-state index contributed by atoms with van der Waals surface area (Å²) in [5.41, 5.74) is 2.06. The Bertz CT molecular complexity index is 1320. The molecular weight excluding hydrogens is 502 g/mol. The highest BCUT2D eigenvalue weighted by atomic mass is 35.5. The number of halogens is 1. The molecule has 0 aromatic heterocycles. The molecule has 0 saturated heterocycles. The van der Waals surface area contributed by atoms with Gasteiger partial charge in [-0.15, -0.1) is 0 Å². The topological polar surface area (TPSA) is 105 Å². The number of nitrogens with zero attached hydrogens (tertiary/aromatic N) is 1. The van der Waals surface area contributed by atoms with Gasteiger partial charge < -0.3 is 15.4 Å². The lowest BCUT2D eigenvalue weighted by Crippen LogP contribution is -2.31. The number of hydrogen-bond acceptors (Lipinski definition) is 5. The highest BCUT2D eigenvalue weighted by Crippen LogP contribution is 2.30. The van der Waals surface area contributed by atoms with Crippen LogP contribution in [0.5, 0.6) is 5.75 Å². The Balaban J connectivity index is 1.60. The van der Waals surface area contributed by atoms with Gasteiger partial charge in [-0.2, -0.15) is 0 Å². The van der Waals surface area contributed by atoms with Crippen molar-refractivity contribution in [3.8, 4) is 5.75 Å². The van der Waals surface area contributed by atoms with E-state index in [0.29, 0.717) is 29.2 Å². The largest absolute Gasteiger partial charge is 0.495 e. The molecule has 2 N–H and O–H groups in total. The Kier molecular flexibility index (Phi) is 9.32. The molecule has 10 heteroatoms. The number of para-hydroxylation sites is 1. The first-order valence-corrected chi connectivity index (χ1v) is 13.4. The van der Waals surface area contributed by atoms with Gasteiger partial charge in [0.1, 0.15) is 5.75 Å². The number of carbonyl (C=O) groups is 2. The SMILES string of the molecule is COc1ccc(N(CCCC(=O)Nc2ccccc2C(=O)NCc2ccccc2)S(C)(=O)=O)cc1Cl. The molecule has 3 rings (SSSR count). The van der Waals surface area contributed by atoms with Gasteiger partial charge in [-0.05, 0) is 42.3 Å². The Morgan fingerprint density at radius 1 is 1.00 bits per heavy atom. The van der Waals surface area contributed by atoms with Crippen LogP contribution in [0.3, 0.4) is 0 Å². The molecule has 0 bridgehead atoms. The van der Waals surface area contributed by atoms with E-state index in [9.17, 15) is 18.0 Å². The van der Waals surface area contributed by atoms with Crippen LogP contribution >= 0.6 is 11.6 Å². The number of ether oxygens (including phenoxy) is 1. The van der Waals surface area contributed by atoms with Gasteiger partial charge in [0.25, 0.3) is 5.91 Å². The monoisotopic (exact) mass is 529 g/mol. The molecule has 0 aliphatic carbocycles. The number of rotatable bonds is 11. The van der Waals surface area contributed by atoms with Gasteiger partial charge in [0, 0.05) is 19.5 Å². The minimum absolute atomic E-state index is 0.0515. The van der Waals surface area contributed by atoms with Gasteiger partial charge in [0.2, 0.25) is 15.9 Å². The number of methoxy groups -OCH3 is 1. The van der Waals surface area contributed by atoms with E-state index in [-0.39, 0.29) is 36.2 Å². The molecule has 36 heavy (non-hydrogen) atoms. The molecule has 3 aromatic carbocycles. The average molecular weight is 530 g/mol. The maximum Gasteiger partial charge on any atom is 0.253 e. The Morgan fingerprint density at radius 3 is 2.36 bits per heavy atom. The van der Waals surface area contributed by atoms with E-state index in [2.05, 4.69) is 10.6 Å². The van der Waals surface area contributed by atoms with Crippen LogP contribution in [0.1, 0.15) is 28.8 Å². The number of anilines is 2. The van der Waals surface area contributed by atoms with Crippen molar-refractivity contribution in [2.75, 3.05) is 29.5 Å². The van der Waals surface area contributed by atoms with Gasteiger partial charge in [0.05, 0.1) is 35.3 Å². The van der Waals surface area contributed by atoms with Crippen molar-refractivity contribution in [1.29, 1.82) is 0 Å². The molecule has 2 amide bonds. The fraction of sp³-hybridized carbons (Fsp3) is 0.231. The smallest absolute Gasteiger partial charge is 0.253 e. The van der Waals surface area contributed by atoms with Crippen LogP contribution in [0.4, 0.5) is 11.4 Å². The maximum atomic E-state index is 12.7. The van der Waals surface area contributed by atoms with Crippen LogP contribution < -0.4 is 19.7 Å². The minimum Gasteiger partial charge on any atom is -0.495 e. The summed E-state index contributed by atoms with van der Waals surface area (Å²) >= 11 is 6.15. The number of hydrogen-bond donors (Lipinski definition) is 2. The Hall–Kier alpha value is -3.56. The third kappa shape index (κ3) is 7.47. The van der Waals surface area contributed by atoms with E-state index in [0.717, 1.165) is 11.8 Å². The minimum atomic E-state index is -3.61. The molecule has 0 radical (unpaired) electrons. The van der Waals surface area contributed by atoms with Gasteiger partial charge in [-0.3, -0.25) is 13.9 Å². The lowest BCUT2D eigenvalue weighted by atomic mass is 10.1. The van der Waals surface area contributed by atoms with E-state index in [1.54, 1.807) is 36.4 Å². The molecule has 0 aliphatic heterocycles. The van der Waals surface area contributed by atoms with Crippen molar-refractivity contribution in [1.82, 2.24) is 5.32 Å². The summed E-state index contributed by atoms with van der Waals surface area (Å²) < 4.78 is 31.0. The first kappa shape index (κ1) is 27.0. The van der Waals surface area contributed by atoms with Gasteiger partial charge >= 0.3 is 0 Å². The summed E-state index contributed by atoms with van der Waals surface area (Å²) in [7, 11) is -2.14. The predicted molar refractivity (Wildman–Crippen MR) is 142 cm³/mol. The highest BCUT2D eigenvalue weighted by Gasteiger charge is 2.19. The molecule has 0 fully saturated rings. The molecular formula is C26H28ClN3O5S. The Labute approximate surface area is 216 Å². The summed E-state index contributed by atoms with van der Waals surface area (Å²) in [6.07, 6.45) is 1.40. The van der Waals surface area contributed by atoms with E-state index < -0.39 is 10.0 Å². The van der Waals surface area contributed by atoms with Crippen LogP contribution in [0.15, 0.2) is 72.8 Å². The number of nitrogens with one attached hydrogen (secondary N) is 2. The van der Waals surface area contributed by atoms with Crippen LogP contribution in [-0.4, -0.2) is 40.1 Å². The molecule has 0 saturated carbocycles. The number of amides is 2. The van der Waals surface area contributed by atoms with Gasteiger partial charge in [-0.1, -0.05) is 54.1 Å². The lowest BCUT2D eigenvalue weighted by Gasteiger charge is -2.23. The second-order valence-corrected chi connectivity index (χ2v) is 10.3. The van der Waals surface area contributed by atoms with Crippen molar-refractivity contribution < 1.29 is 22.7 Å². The third-order valence-electron chi connectivity index (χ3n) is 5.33. The lowest BCUT2D eigenvalue weighted by molar-refractivity contribution is -0.116. The number of benzene rings is 3. The van der Waals surface area contributed by atoms with E-state index >= 15 is 0 Å². The number of sulfonamides is 1.